The molecule has 20 heavy (non-hydrogen) atoms. The zero-order valence-electron chi connectivity index (χ0n) is 11.3. The number of nitrogens with one attached hydrogen (secondary N) is 2. The first-order valence-electron chi connectivity index (χ1n) is 6.02. The molecule has 0 saturated carbocycles. The predicted octanol–water partition coefficient (Wildman–Crippen LogP) is 3.30. The zero-order chi connectivity index (χ0) is 15.1. The molecule has 2 amide bonds. The molecule has 5 nitrogen and oxygen atoms in total. The molecule has 1 rings (SSSR count). The highest BCUT2D eigenvalue weighted by Crippen LogP contribution is 2.19. The largest absolute Gasteiger partial charge is 0.478 e. The molecule has 0 aliphatic heterocycles. The molecule has 0 aliphatic carbocycles. The number of amides is 2. The van der Waals surface area contributed by atoms with Crippen LogP contribution in [0.2, 0.25) is 5.02 Å². The first-order valence-corrected chi connectivity index (χ1v) is 7.80. The highest BCUT2D eigenvalue weighted by Gasteiger charge is 2.10. The number of thioether (sulfide) groups is 1. The van der Waals surface area contributed by atoms with Gasteiger partial charge >= 0.3 is 12.0 Å². The van der Waals surface area contributed by atoms with Crippen LogP contribution >= 0.6 is 23.4 Å². The molecule has 0 aliphatic rings. The molecule has 0 bridgehead atoms. The third kappa shape index (κ3) is 5.71. The fourth-order valence-electron chi connectivity index (χ4n) is 1.54. The SMILES string of the molecule is CSCCC(C)NC(=O)Nc1cc(Cl)cc(C(=O)O)c1. The van der Waals surface area contributed by atoms with Gasteiger partial charge in [-0.1, -0.05) is 11.6 Å². The summed E-state index contributed by atoms with van der Waals surface area (Å²) in [5, 5.41) is 14.5. The van der Waals surface area contributed by atoms with Gasteiger partial charge in [0.1, 0.15) is 0 Å². The lowest BCUT2D eigenvalue weighted by Crippen LogP contribution is -2.36. The molecule has 1 atom stereocenters. The van der Waals surface area contributed by atoms with E-state index < -0.39 is 5.97 Å². The van der Waals surface area contributed by atoms with Gasteiger partial charge in [-0.2, -0.15) is 11.8 Å². The van der Waals surface area contributed by atoms with Crippen LogP contribution in [0.1, 0.15) is 23.7 Å². The summed E-state index contributed by atoms with van der Waals surface area (Å²) >= 11 is 7.53. The molecule has 110 valence electrons. The molecule has 0 saturated heterocycles. The van der Waals surface area contributed by atoms with Gasteiger partial charge in [0.05, 0.1) is 5.56 Å². The Bertz CT molecular complexity index is 497. The number of aromatic carboxylic acids is 1. The standard InChI is InChI=1S/C13H17ClN2O3S/c1-8(3-4-20-2)15-13(19)16-11-6-9(12(17)18)5-10(14)7-11/h5-8H,3-4H2,1-2H3,(H,17,18)(H2,15,16,19). The lowest BCUT2D eigenvalue weighted by atomic mass is 10.2. The topological polar surface area (TPSA) is 78.4 Å². The Morgan fingerprint density at radius 3 is 2.70 bits per heavy atom. The summed E-state index contributed by atoms with van der Waals surface area (Å²) < 4.78 is 0. The van der Waals surface area contributed by atoms with Crippen molar-refractivity contribution in [3.8, 4) is 0 Å². The van der Waals surface area contributed by atoms with Crippen molar-refractivity contribution in [1.82, 2.24) is 5.32 Å². The van der Waals surface area contributed by atoms with E-state index in [1.807, 2.05) is 13.2 Å². The Morgan fingerprint density at radius 2 is 2.10 bits per heavy atom. The maximum atomic E-state index is 11.8. The molecule has 0 radical (unpaired) electrons. The van der Waals surface area contributed by atoms with Crippen molar-refractivity contribution in [2.45, 2.75) is 19.4 Å². The average molecular weight is 317 g/mol. The van der Waals surface area contributed by atoms with Crippen molar-refractivity contribution in [2.24, 2.45) is 0 Å². The van der Waals surface area contributed by atoms with Crippen molar-refractivity contribution in [2.75, 3.05) is 17.3 Å². The van der Waals surface area contributed by atoms with Crippen LogP contribution in [0, 0.1) is 0 Å². The monoisotopic (exact) mass is 316 g/mol. The van der Waals surface area contributed by atoms with Gasteiger partial charge in [0, 0.05) is 16.8 Å². The number of carbonyl (C=O) groups excluding carboxylic acids is 1. The van der Waals surface area contributed by atoms with Gasteiger partial charge < -0.3 is 15.7 Å². The number of carboxylic acid groups (broad SMARTS) is 1. The van der Waals surface area contributed by atoms with E-state index >= 15 is 0 Å². The molecule has 0 heterocycles. The number of carboxylic acids is 1. The average Bonchev–Trinajstić information content (AvgIpc) is 2.35. The Kier molecular flexibility index (Phi) is 6.67. The quantitative estimate of drug-likeness (QED) is 0.752. The summed E-state index contributed by atoms with van der Waals surface area (Å²) in [4.78, 5) is 22.7. The number of halogens is 1. The maximum absolute atomic E-state index is 11.8. The third-order valence-electron chi connectivity index (χ3n) is 2.54. The van der Waals surface area contributed by atoms with Crippen LogP contribution in [-0.2, 0) is 0 Å². The smallest absolute Gasteiger partial charge is 0.335 e. The van der Waals surface area contributed by atoms with Crippen LogP contribution in [0.15, 0.2) is 18.2 Å². The predicted molar refractivity (Wildman–Crippen MR) is 83.0 cm³/mol. The molecule has 0 aromatic heterocycles. The van der Waals surface area contributed by atoms with Crippen LogP contribution in [0.25, 0.3) is 0 Å². The molecular formula is C13H17ClN2O3S. The van der Waals surface area contributed by atoms with Crippen molar-refractivity contribution in [3.63, 3.8) is 0 Å². The van der Waals surface area contributed by atoms with Gasteiger partial charge in [-0.3, -0.25) is 0 Å². The summed E-state index contributed by atoms with van der Waals surface area (Å²) in [6, 6.07) is 3.85. The van der Waals surface area contributed by atoms with E-state index in [4.69, 9.17) is 16.7 Å². The van der Waals surface area contributed by atoms with Crippen LogP contribution < -0.4 is 10.6 Å². The zero-order valence-corrected chi connectivity index (χ0v) is 12.8. The Hall–Kier alpha value is -1.40. The minimum Gasteiger partial charge on any atom is -0.478 e. The van der Waals surface area contributed by atoms with Crippen molar-refractivity contribution < 1.29 is 14.7 Å². The first-order chi connectivity index (χ1) is 9.42. The van der Waals surface area contributed by atoms with Crippen LogP contribution in [0.4, 0.5) is 10.5 Å². The highest BCUT2D eigenvalue weighted by molar-refractivity contribution is 7.98. The fourth-order valence-corrected chi connectivity index (χ4v) is 2.37. The van der Waals surface area contributed by atoms with Crippen LogP contribution in [0.5, 0.6) is 0 Å². The number of urea groups is 1. The van der Waals surface area contributed by atoms with Crippen molar-refractivity contribution >= 4 is 41.1 Å². The van der Waals surface area contributed by atoms with Crippen LogP contribution in [-0.4, -0.2) is 35.2 Å². The molecule has 1 aromatic carbocycles. The summed E-state index contributed by atoms with van der Waals surface area (Å²) in [6.45, 7) is 1.91. The van der Waals surface area contributed by atoms with Gasteiger partial charge in [-0.05, 0) is 43.6 Å². The normalized spacial score (nSPS) is 11.8. The van der Waals surface area contributed by atoms with E-state index in [1.54, 1.807) is 11.8 Å². The Labute approximate surface area is 127 Å². The van der Waals surface area contributed by atoms with Gasteiger partial charge in [-0.25, -0.2) is 9.59 Å². The van der Waals surface area contributed by atoms with E-state index in [1.165, 1.54) is 18.2 Å². The van der Waals surface area contributed by atoms with Gasteiger partial charge in [0.25, 0.3) is 0 Å². The molecule has 7 heteroatoms. The van der Waals surface area contributed by atoms with Gasteiger partial charge in [0.15, 0.2) is 0 Å². The molecule has 3 N–H and O–H groups in total. The second-order valence-electron chi connectivity index (χ2n) is 4.31. The third-order valence-corrected chi connectivity index (χ3v) is 3.40. The molecule has 0 fully saturated rings. The van der Waals surface area contributed by atoms with E-state index in [-0.39, 0.29) is 22.7 Å². The number of rotatable bonds is 6. The summed E-state index contributed by atoms with van der Waals surface area (Å²) in [5.41, 5.74) is 0.382. The van der Waals surface area contributed by atoms with E-state index in [0.717, 1.165) is 12.2 Å². The second-order valence-corrected chi connectivity index (χ2v) is 5.74. The molecular weight excluding hydrogens is 300 g/mol. The van der Waals surface area contributed by atoms with Crippen molar-refractivity contribution in [3.05, 3.63) is 28.8 Å². The van der Waals surface area contributed by atoms with Crippen molar-refractivity contribution in [1.29, 1.82) is 0 Å². The highest BCUT2D eigenvalue weighted by atomic mass is 35.5. The number of carbonyl (C=O) groups is 2. The van der Waals surface area contributed by atoms with E-state index in [9.17, 15) is 9.59 Å². The Morgan fingerprint density at radius 1 is 1.40 bits per heavy atom. The first kappa shape index (κ1) is 16.7. The van der Waals surface area contributed by atoms with Gasteiger partial charge in [-0.15, -0.1) is 0 Å². The van der Waals surface area contributed by atoms with E-state index in [2.05, 4.69) is 10.6 Å². The lowest BCUT2D eigenvalue weighted by molar-refractivity contribution is 0.0697. The molecule has 1 aromatic rings. The Balaban J connectivity index is 2.64. The number of anilines is 1. The summed E-state index contributed by atoms with van der Waals surface area (Å²) in [6.07, 6.45) is 2.87. The fraction of sp³-hybridized carbons (Fsp3) is 0.385. The van der Waals surface area contributed by atoms with Gasteiger partial charge in [0.2, 0.25) is 0 Å². The number of hydrogen-bond donors (Lipinski definition) is 3. The van der Waals surface area contributed by atoms with Crippen LogP contribution in [0.3, 0.4) is 0 Å². The minimum atomic E-state index is -1.09. The number of benzene rings is 1. The molecule has 1 unspecified atom stereocenters. The lowest BCUT2D eigenvalue weighted by Gasteiger charge is -2.14. The number of hydrogen-bond acceptors (Lipinski definition) is 3. The minimum absolute atomic E-state index is 0.0308. The maximum Gasteiger partial charge on any atom is 0.335 e. The van der Waals surface area contributed by atoms with E-state index in [0.29, 0.717) is 5.69 Å². The molecule has 0 spiro atoms. The second kappa shape index (κ2) is 8.01. The summed E-state index contributed by atoms with van der Waals surface area (Å²) in [7, 11) is 0. The summed E-state index contributed by atoms with van der Waals surface area (Å²) in [5.74, 6) is -0.133.